The molecule has 0 saturated carbocycles. The molecule has 2 heteroatoms. The van der Waals surface area contributed by atoms with Crippen LogP contribution >= 0.6 is 0 Å². The summed E-state index contributed by atoms with van der Waals surface area (Å²) in [5.41, 5.74) is 4.22. The molecule has 0 bridgehead atoms. The molecule has 88 valence electrons. The molecular weight excluding hydrogens is 208 g/mol. The van der Waals surface area contributed by atoms with Gasteiger partial charge in [-0.05, 0) is 37.7 Å². The number of benzene rings is 1. The molecule has 0 fully saturated rings. The van der Waals surface area contributed by atoms with Crippen molar-refractivity contribution in [3.05, 3.63) is 53.6 Å². The van der Waals surface area contributed by atoms with Crippen molar-refractivity contribution in [3.8, 4) is 0 Å². The minimum atomic E-state index is 1.06. The molecule has 0 atom stereocenters. The summed E-state index contributed by atoms with van der Waals surface area (Å²) in [5.74, 6) is 0. The maximum atomic E-state index is 4.53. The van der Waals surface area contributed by atoms with Gasteiger partial charge >= 0.3 is 0 Å². The zero-order valence-corrected chi connectivity index (χ0v) is 10.1. The van der Waals surface area contributed by atoms with E-state index in [0.717, 1.165) is 13.0 Å². The number of hydrogen-bond donors (Lipinski definition) is 0. The molecule has 2 aromatic rings. The third-order valence-electron chi connectivity index (χ3n) is 3.59. The second kappa shape index (κ2) is 4.74. The summed E-state index contributed by atoms with van der Waals surface area (Å²) >= 11 is 0. The lowest BCUT2D eigenvalue weighted by Crippen LogP contribution is -2.09. The number of fused-ring (bicyclic) bond motifs is 1. The van der Waals surface area contributed by atoms with Gasteiger partial charge in [-0.1, -0.05) is 30.3 Å². The Morgan fingerprint density at radius 1 is 1.06 bits per heavy atom. The Morgan fingerprint density at radius 2 is 1.88 bits per heavy atom. The normalized spacial score (nSPS) is 14.6. The monoisotopic (exact) mass is 226 g/mol. The maximum Gasteiger partial charge on any atom is 0.0951 e. The van der Waals surface area contributed by atoms with Crippen LogP contribution in [0.3, 0.4) is 0 Å². The molecule has 0 saturated heterocycles. The molecule has 0 spiro atoms. The predicted molar refractivity (Wildman–Crippen MR) is 69.0 cm³/mol. The van der Waals surface area contributed by atoms with E-state index in [4.69, 9.17) is 0 Å². The van der Waals surface area contributed by atoms with Gasteiger partial charge < -0.3 is 4.57 Å². The van der Waals surface area contributed by atoms with Crippen LogP contribution < -0.4 is 0 Å². The first-order valence-electron chi connectivity index (χ1n) is 6.50. The SMILES string of the molecule is c1ccc(CCn2cnc3c2CCCC3)cc1. The standard InChI is InChI=1S/C15H18N2/c1-2-6-13(7-3-1)10-11-17-12-16-14-8-4-5-9-15(14)17/h1-3,6-7,12H,4-5,8-11H2. The van der Waals surface area contributed by atoms with E-state index in [1.807, 2.05) is 6.33 Å². The second-order valence-corrected chi connectivity index (χ2v) is 4.77. The van der Waals surface area contributed by atoms with Crippen molar-refractivity contribution in [3.63, 3.8) is 0 Å². The van der Waals surface area contributed by atoms with Crippen LogP contribution in [0.15, 0.2) is 36.7 Å². The Morgan fingerprint density at radius 3 is 2.76 bits per heavy atom. The lowest BCUT2D eigenvalue weighted by Gasteiger charge is -2.13. The average Bonchev–Trinajstić information content (AvgIpc) is 2.81. The topological polar surface area (TPSA) is 17.8 Å². The molecule has 3 rings (SSSR count). The quantitative estimate of drug-likeness (QED) is 0.786. The van der Waals surface area contributed by atoms with Crippen LogP contribution in [-0.2, 0) is 25.8 Å². The highest BCUT2D eigenvalue weighted by Crippen LogP contribution is 2.20. The molecule has 1 aromatic carbocycles. The van der Waals surface area contributed by atoms with Crippen molar-refractivity contribution in [2.75, 3.05) is 0 Å². The molecule has 17 heavy (non-hydrogen) atoms. The molecule has 1 aliphatic rings. The molecule has 0 aliphatic heterocycles. The number of hydrogen-bond acceptors (Lipinski definition) is 1. The first kappa shape index (κ1) is 10.6. The molecule has 1 aromatic heterocycles. The van der Waals surface area contributed by atoms with Crippen LogP contribution in [0.25, 0.3) is 0 Å². The first-order valence-corrected chi connectivity index (χ1v) is 6.50. The Kier molecular flexibility index (Phi) is 2.95. The van der Waals surface area contributed by atoms with Crippen molar-refractivity contribution < 1.29 is 0 Å². The van der Waals surface area contributed by atoms with Crippen molar-refractivity contribution >= 4 is 0 Å². The Balaban J connectivity index is 1.71. The molecule has 1 heterocycles. The molecular formula is C15H18N2. The second-order valence-electron chi connectivity index (χ2n) is 4.77. The van der Waals surface area contributed by atoms with Crippen LogP contribution in [0.1, 0.15) is 29.8 Å². The Hall–Kier alpha value is -1.57. The highest BCUT2D eigenvalue weighted by atomic mass is 15.1. The smallest absolute Gasteiger partial charge is 0.0951 e. The van der Waals surface area contributed by atoms with Crippen LogP contribution in [0.2, 0.25) is 0 Å². The van der Waals surface area contributed by atoms with E-state index in [2.05, 4.69) is 39.9 Å². The van der Waals surface area contributed by atoms with E-state index >= 15 is 0 Å². The summed E-state index contributed by atoms with van der Waals surface area (Å²) in [6, 6.07) is 10.7. The van der Waals surface area contributed by atoms with Crippen molar-refractivity contribution in [1.82, 2.24) is 9.55 Å². The van der Waals surface area contributed by atoms with E-state index in [1.165, 1.54) is 42.6 Å². The fourth-order valence-corrected chi connectivity index (χ4v) is 2.62. The number of rotatable bonds is 3. The van der Waals surface area contributed by atoms with Gasteiger partial charge in [0.1, 0.15) is 0 Å². The fourth-order valence-electron chi connectivity index (χ4n) is 2.62. The first-order chi connectivity index (χ1) is 8.43. The minimum absolute atomic E-state index is 1.06. The van der Waals surface area contributed by atoms with E-state index in [1.54, 1.807) is 0 Å². The molecule has 0 amide bonds. The Bertz CT molecular complexity index is 485. The highest BCUT2D eigenvalue weighted by Gasteiger charge is 2.14. The third-order valence-corrected chi connectivity index (χ3v) is 3.59. The van der Waals surface area contributed by atoms with Gasteiger partial charge in [0.2, 0.25) is 0 Å². The van der Waals surface area contributed by atoms with Crippen molar-refractivity contribution in [1.29, 1.82) is 0 Å². The summed E-state index contributed by atoms with van der Waals surface area (Å²) in [5, 5.41) is 0. The van der Waals surface area contributed by atoms with Crippen molar-refractivity contribution in [2.24, 2.45) is 0 Å². The molecule has 0 N–H and O–H groups in total. The van der Waals surface area contributed by atoms with Gasteiger partial charge in [0.05, 0.1) is 12.0 Å². The zero-order chi connectivity index (χ0) is 11.5. The highest BCUT2D eigenvalue weighted by molar-refractivity contribution is 5.18. The van der Waals surface area contributed by atoms with Gasteiger partial charge in [0.15, 0.2) is 0 Å². The number of imidazole rings is 1. The summed E-state index contributed by atoms with van der Waals surface area (Å²) in [6.45, 7) is 1.06. The lowest BCUT2D eigenvalue weighted by molar-refractivity contribution is 0.602. The lowest BCUT2D eigenvalue weighted by atomic mass is 10.0. The number of aryl methyl sites for hydroxylation is 3. The van der Waals surface area contributed by atoms with Crippen LogP contribution in [0.5, 0.6) is 0 Å². The van der Waals surface area contributed by atoms with Gasteiger partial charge in [-0.15, -0.1) is 0 Å². The van der Waals surface area contributed by atoms with E-state index in [-0.39, 0.29) is 0 Å². The number of aromatic nitrogens is 2. The van der Waals surface area contributed by atoms with E-state index in [9.17, 15) is 0 Å². The molecule has 0 unspecified atom stereocenters. The number of nitrogens with zero attached hydrogens (tertiary/aromatic N) is 2. The summed E-state index contributed by atoms with van der Waals surface area (Å²) in [7, 11) is 0. The van der Waals surface area contributed by atoms with Gasteiger partial charge in [-0.25, -0.2) is 4.98 Å². The summed E-state index contributed by atoms with van der Waals surface area (Å²) < 4.78 is 2.35. The maximum absolute atomic E-state index is 4.53. The minimum Gasteiger partial charge on any atom is -0.334 e. The van der Waals surface area contributed by atoms with Gasteiger partial charge in [-0.2, -0.15) is 0 Å². The average molecular weight is 226 g/mol. The third kappa shape index (κ3) is 2.26. The van der Waals surface area contributed by atoms with Crippen LogP contribution in [0, 0.1) is 0 Å². The predicted octanol–water partition coefficient (Wildman–Crippen LogP) is 3.00. The Labute approximate surface area is 102 Å². The fraction of sp³-hybridized carbons (Fsp3) is 0.400. The van der Waals surface area contributed by atoms with Gasteiger partial charge in [-0.3, -0.25) is 0 Å². The molecule has 2 nitrogen and oxygen atoms in total. The van der Waals surface area contributed by atoms with Gasteiger partial charge in [0.25, 0.3) is 0 Å². The van der Waals surface area contributed by atoms with Crippen LogP contribution in [0.4, 0.5) is 0 Å². The van der Waals surface area contributed by atoms with Crippen LogP contribution in [-0.4, -0.2) is 9.55 Å². The van der Waals surface area contributed by atoms with Gasteiger partial charge in [0, 0.05) is 12.2 Å². The van der Waals surface area contributed by atoms with Crippen molar-refractivity contribution in [2.45, 2.75) is 38.6 Å². The van der Waals surface area contributed by atoms with E-state index in [0.29, 0.717) is 0 Å². The largest absolute Gasteiger partial charge is 0.334 e. The molecule has 0 radical (unpaired) electrons. The zero-order valence-electron chi connectivity index (χ0n) is 10.1. The molecule has 1 aliphatic carbocycles. The van der Waals surface area contributed by atoms with E-state index < -0.39 is 0 Å². The summed E-state index contributed by atoms with van der Waals surface area (Å²) in [6.07, 6.45) is 8.15. The summed E-state index contributed by atoms with van der Waals surface area (Å²) in [4.78, 5) is 4.53.